The Morgan fingerprint density at radius 2 is 2.09 bits per heavy atom. The number of nitrogens with one attached hydrogen (secondary N) is 1. The Labute approximate surface area is 134 Å². The third-order valence-electron chi connectivity index (χ3n) is 3.79. The van der Waals surface area contributed by atoms with Crippen LogP contribution >= 0.6 is 11.3 Å². The van der Waals surface area contributed by atoms with E-state index in [9.17, 15) is 13.6 Å². The fraction of sp³-hybridized carbons (Fsp3) is 0.667. The molecule has 7 heteroatoms. The molecule has 124 valence electrons. The summed E-state index contributed by atoms with van der Waals surface area (Å²) >= 11 is 1.73. The zero-order valence-electron chi connectivity index (χ0n) is 12.8. The van der Waals surface area contributed by atoms with Gasteiger partial charge >= 0.3 is 6.03 Å². The monoisotopic (exact) mass is 331 g/mol. The number of carbonyl (C=O) groups excluding carboxylic acids is 1. The molecule has 1 atom stereocenters. The first-order valence-electron chi connectivity index (χ1n) is 7.60. The number of urea groups is 1. The van der Waals surface area contributed by atoms with Crippen molar-refractivity contribution < 1.29 is 13.6 Å². The molecule has 0 spiro atoms. The lowest BCUT2D eigenvalue weighted by Crippen LogP contribution is -2.53. The van der Waals surface area contributed by atoms with Crippen LogP contribution in [0.25, 0.3) is 0 Å². The van der Waals surface area contributed by atoms with Crippen LogP contribution in [0, 0.1) is 5.92 Å². The molecule has 0 bridgehead atoms. The second kappa shape index (κ2) is 8.43. The molecule has 1 aromatic heterocycles. The molecular formula is C15H23F2N3OS. The van der Waals surface area contributed by atoms with E-state index >= 15 is 0 Å². The van der Waals surface area contributed by atoms with E-state index in [0.29, 0.717) is 38.6 Å². The van der Waals surface area contributed by atoms with Crippen molar-refractivity contribution in [3.63, 3.8) is 0 Å². The van der Waals surface area contributed by atoms with Crippen molar-refractivity contribution in [3.05, 3.63) is 22.4 Å². The normalized spacial score (nSPS) is 17.7. The zero-order valence-corrected chi connectivity index (χ0v) is 13.6. The number of hydrogen-bond donors (Lipinski definition) is 1. The molecule has 1 aliphatic heterocycles. The lowest BCUT2D eigenvalue weighted by Gasteiger charge is -2.34. The third-order valence-corrected chi connectivity index (χ3v) is 4.69. The minimum Gasteiger partial charge on any atom is -0.338 e. The highest BCUT2D eigenvalue weighted by atomic mass is 32.1. The fourth-order valence-electron chi connectivity index (χ4n) is 2.55. The van der Waals surface area contributed by atoms with E-state index in [0.717, 1.165) is 6.42 Å². The summed E-state index contributed by atoms with van der Waals surface area (Å²) < 4.78 is 24.6. The first-order chi connectivity index (χ1) is 10.5. The molecule has 4 nitrogen and oxygen atoms in total. The number of amides is 2. The van der Waals surface area contributed by atoms with E-state index < -0.39 is 6.43 Å². The number of alkyl halides is 2. The first kappa shape index (κ1) is 17.1. The van der Waals surface area contributed by atoms with Crippen molar-refractivity contribution in [3.8, 4) is 0 Å². The van der Waals surface area contributed by atoms with Crippen LogP contribution in [0.2, 0.25) is 0 Å². The number of carbonyl (C=O) groups is 1. The number of hydrogen-bond acceptors (Lipinski definition) is 3. The van der Waals surface area contributed by atoms with Gasteiger partial charge in [0, 0.05) is 37.6 Å². The summed E-state index contributed by atoms with van der Waals surface area (Å²) in [7, 11) is 0. The van der Waals surface area contributed by atoms with Gasteiger partial charge in [-0.05, 0) is 23.8 Å². The molecule has 0 aliphatic carbocycles. The number of rotatable bonds is 6. The smallest absolute Gasteiger partial charge is 0.317 e. The van der Waals surface area contributed by atoms with E-state index in [2.05, 4.69) is 23.7 Å². The highest BCUT2D eigenvalue weighted by Gasteiger charge is 2.22. The van der Waals surface area contributed by atoms with Gasteiger partial charge in [-0.1, -0.05) is 13.0 Å². The van der Waals surface area contributed by atoms with Gasteiger partial charge in [0.25, 0.3) is 6.43 Å². The van der Waals surface area contributed by atoms with Gasteiger partial charge in [0.05, 0.1) is 6.54 Å². The molecule has 0 radical (unpaired) electrons. The summed E-state index contributed by atoms with van der Waals surface area (Å²) in [5, 5.41) is 5.00. The van der Waals surface area contributed by atoms with Crippen LogP contribution in [-0.2, 0) is 6.42 Å². The highest BCUT2D eigenvalue weighted by molar-refractivity contribution is 7.09. The average molecular weight is 331 g/mol. The van der Waals surface area contributed by atoms with Gasteiger partial charge in [-0.2, -0.15) is 0 Å². The van der Waals surface area contributed by atoms with Gasteiger partial charge in [0.15, 0.2) is 0 Å². The van der Waals surface area contributed by atoms with Gasteiger partial charge in [-0.3, -0.25) is 4.90 Å². The quantitative estimate of drug-likeness (QED) is 0.869. The molecule has 22 heavy (non-hydrogen) atoms. The van der Waals surface area contributed by atoms with E-state index in [-0.39, 0.29) is 12.6 Å². The molecule has 0 unspecified atom stereocenters. The zero-order chi connectivity index (χ0) is 15.9. The van der Waals surface area contributed by atoms with Crippen molar-refractivity contribution in [1.82, 2.24) is 15.1 Å². The highest BCUT2D eigenvalue weighted by Crippen LogP contribution is 2.14. The second-order valence-corrected chi connectivity index (χ2v) is 6.79. The molecule has 0 aromatic carbocycles. The molecular weight excluding hydrogens is 308 g/mol. The number of nitrogens with zero attached hydrogens (tertiary/aromatic N) is 2. The maximum atomic E-state index is 12.3. The van der Waals surface area contributed by atoms with Gasteiger partial charge in [-0.25, -0.2) is 13.6 Å². The molecule has 1 saturated heterocycles. The average Bonchev–Trinajstić information content (AvgIpc) is 2.98. The van der Waals surface area contributed by atoms with Crippen LogP contribution in [0.15, 0.2) is 17.5 Å². The van der Waals surface area contributed by atoms with E-state index in [1.807, 2.05) is 6.07 Å². The fourth-order valence-corrected chi connectivity index (χ4v) is 3.42. The third kappa shape index (κ3) is 5.53. The van der Waals surface area contributed by atoms with E-state index in [1.54, 1.807) is 21.1 Å². The molecule has 1 N–H and O–H groups in total. The number of thiophene rings is 1. The van der Waals surface area contributed by atoms with Crippen molar-refractivity contribution in [2.75, 3.05) is 39.3 Å². The van der Waals surface area contributed by atoms with Gasteiger partial charge in [-0.15, -0.1) is 11.3 Å². The number of halogens is 2. The molecule has 1 aromatic rings. The van der Waals surface area contributed by atoms with E-state index in [1.165, 1.54) is 4.88 Å². The van der Waals surface area contributed by atoms with Crippen LogP contribution in [0.3, 0.4) is 0 Å². The Morgan fingerprint density at radius 3 is 2.68 bits per heavy atom. The van der Waals surface area contributed by atoms with E-state index in [4.69, 9.17) is 0 Å². The SMILES string of the molecule is C[C@@H](CNC(=O)N1CCN(CC(F)F)CC1)Cc1cccs1. The van der Waals surface area contributed by atoms with Crippen molar-refractivity contribution in [2.45, 2.75) is 19.8 Å². The van der Waals surface area contributed by atoms with Crippen LogP contribution in [0.4, 0.5) is 13.6 Å². The Bertz CT molecular complexity index is 448. The lowest BCUT2D eigenvalue weighted by atomic mass is 10.1. The maximum Gasteiger partial charge on any atom is 0.317 e. The van der Waals surface area contributed by atoms with Crippen LogP contribution in [-0.4, -0.2) is 61.5 Å². The molecule has 2 heterocycles. The van der Waals surface area contributed by atoms with Gasteiger partial charge in [0.1, 0.15) is 0 Å². The maximum absolute atomic E-state index is 12.3. The van der Waals surface area contributed by atoms with Crippen molar-refractivity contribution in [1.29, 1.82) is 0 Å². The Morgan fingerprint density at radius 1 is 1.36 bits per heavy atom. The van der Waals surface area contributed by atoms with Gasteiger partial charge < -0.3 is 10.2 Å². The topological polar surface area (TPSA) is 35.6 Å². The summed E-state index contributed by atoms with van der Waals surface area (Å²) in [5.41, 5.74) is 0. The summed E-state index contributed by atoms with van der Waals surface area (Å²) in [6.07, 6.45) is -1.35. The molecule has 2 rings (SSSR count). The van der Waals surface area contributed by atoms with Crippen LogP contribution in [0.1, 0.15) is 11.8 Å². The number of piperazine rings is 1. The second-order valence-electron chi connectivity index (χ2n) is 5.75. The largest absolute Gasteiger partial charge is 0.338 e. The van der Waals surface area contributed by atoms with Crippen LogP contribution in [0.5, 0.6) is 0 Å². The summed E-state index contributed by atoms with van der Waals surface area (Å²) in [6.45, 7) is 4.60. The minimum absolute atomic E-state index is 0.0882. The summed E-state index contributed by atoms with van der Waals surface area (Å²) in [6, 6.07) is 4.05. The predicted molar refractivity (Wildman–Crippen MR) is 84.6 cm³/mol. The Hall–Kier alpha value is -1.21. The molecule has 1 fully saturated rings. The minimum atomic E-state index is -2.31. The first-order valence-corrected chi connectivity index (χ1v) is 8.48. The Kier molecular flexibility index (Phi) is 6.57. The standard InChI is InChI=1S/C15H23F2N3OS/c1-12(9-13-3-2-8-22-13)10-18-15(21)20-6-4-19(5-7-20)11-14(16)17/h2-3,8,12,14H,4-7,9-11H2,1H3,(H,18,21)/t12-/m1/s1. The summed E-state index contributed by atoms with van der Waals surface area (Å²) in [5.74, 6) is 0.378. The Balaban J connectivity index is 1.65. The predicted octanol–water partition coefficient (Wildman–Crippen LogP) is 2.52. The van der Waals surface area contributed by atoms with Crippen LogP contribution < -0.4 is 5.32 Å². The lowest BCUT2D eigenvalue weighted by molar-refractivity contribution is 0.0635. The summed E-state index contributed by atoms with van der Waals surface area (Å²) in [4.78, 5) is 16.8. The molecule has 0 saturated carbocycles. The van der Waals surface area contributed by atoms with Gasteiger partial charge in [0.2, 0.25) is 0 Å². The van der Waals surface area contributed by atoms with Crippen molar-refractivity contribution >= 4 is 17.4 Å². The van der Waals surface area contributed by atoms with Crippen molar-refractivity contribution in [2.24, 2.45) is 5.92 Å². The molecule has 2 amide bonds. The molecule has 1 aliphatic rings.